The first kappa shape index (κ1) is 25.7. The molecule has 0 bridgehead atoms. The summed E-state index contributed by atoms with van der Waals surface area (Å²) in [6.45, 7) is 6.90. The summed E-state index contributed by atoms with van der Waals surface area (Å²) in [5.74, 6) is 1.83. The van der Waals surface area contributed by atoms with E-state index in [9.17, 15) is 4.79 Å². The number of ether oxygens (including phenoxy) is 1. The molecule has 0 unspecified atom stereocenters. The van der Waals surface area contributed by atoms with E-state index in [-0.39, 0.29) is 0 Å². The highest BCUT2D eigenvalue weighted by Crippen LogP contribution is 2.34. The highest BCUT2D eigenvalue weighted by atomic mass is 16.5. The average molecular weight is 486 g/mol. The smallest absolute Gasteiger partial charge is 0.265 e. The Morgan fingerprint density at radius 2 is 1.67 bits per heavy atom. The molecule has 1 saturated carbocycles. The van der Waals surface area contributed by atoms with E-state index in [0.29, 0.717) is 18.2 Å². The SMILES string of the molecule is CC.COc1ccc(Cn2c(C(N)=O)cc3cc4cc(C5CCCC(C)CCC5)ccc4nc32)cc1. The standard InChI is InChI=1S/C29H33N3O2.C2H6/c1-19-5-3-7-21(8-4-6-19)22-11-14-26-23(15-22)16-24-17-27(28(30)33)32(29(24)31-26)18-20-9-12-25(34-2)13-10-20;1-2/h9-17,19,21H,3-8,18H2,1-2H3,(H2,30,33);1-2H3. The lowest BCUT2D eigenvalue weighted by atomic mass is 9.83. The number of pyridine rings is 1. The van der Waals surface area contributed by atoms with Gasteiger partial charge in [-0.1, -0.05) is 64.7 Å². The monoisotopic (exact) mass is 485 g/mol. The second kappa shape index (κ2) is 11.6. The number of aromatic nitrogens is 2. The van der Waals surface area contributed by atoms with Crippen LogP contribution in [0, 0.1) is 5.92 Å². The van der Waals surface area contributed by atoms with Gasteiger partial charge in [-0.15, -0.1) is 0 Å². The molecule has 1 fully saturated rings. The molecule has 5 heteroatoms. The zero-order valence-corrected chi connectivity index (χ0v) is 22.1. The molecule has 2 N–H and O–H groups in total. The molecular weight excluding hydrogens is 446 g/mol. The Kier molecular flexibility index (Phi) is 8.29. The molecule has 5 rings (SSSR count). The van der Waals surface area contributed by atoms with Crippen LogP contribution in [0.4, 0.5) is 0 Å². The Bertz CT molecular complexity index is 1310. The number of carbonyl (C=O) groups excluding carboxylic acids is 1. The number of methoxy groups -OCH3 is 1. The van der Waals surface area contributed by atoms with Crippen molar-refractivity contribution in [3.8, 4) is 5.75 Å². The topological polar surface area (TPSA) is 70.1 Å². The minimum absolute atomic E-state index is 0.444. The van der Waals surface area contributed by atoms with E-state index in [1.807, 2.05) is 48.7 Å². The van der Waals surface area contributed by atoms with Gasteiger partial charge in [0.05, 0.1) is 12.6 Å². The number of hydrogen-bond acceptors (Lipinski definition) is 3. The zero-order valence-electron chi connectivity index (χ0n) is 22.1. The Morgan fingerprint density at radius 1 is 0.972 bits per heavy atom. The van der Waals surface area contributed by atoms with Crippen molar-refractivity contribution >= 4 is 27.8 Å². The van der Waals surface area contributed by atoms with Crippen LogP contribution in [0.3, 0.4) is 0 Å². The fraction of sp³-hybridized carbons (Fsp3) is 0.419. The van der Waals surface area contributed by atoms with Gasteiger partial charge >= 0.3 is 0 Å². The van der Waals surface area contributed by atoms with E-state index in [1.165, 1.54) is 44.1 Å². The highest BCUT2D eigenvalue weighted by molar-refractivity contribution is 6.00. The molecule has 2 aromatic heterocycles. The lowest BCUT2D eigenvalue weighted by molar-refractivity contribution is 0.0992. The van der Waals surface area contributed by atoms with Crippen molar-refractivity contribution in [2.75, 3.05) is 7.11 Å². The number of rotatable bonds is 5. The molecule has 1 aliphatic carbocycles. The molecule has 4 aromatic rings. The van der Waals surface area contributed by atoms with Crippen LogP contribution in [0.25, 0.3) is 21.9 Å². The summed E-state index contributed by atoms with van der Waals surface area (Å²) in [4.78, 5) is 17.2. The molecule has 190 valence electrons. The third-order valence-corrected chi connectivity index (χ3v) is 7.41. The van der Waals surface area contributed by atoms with Gasteiger partial charge in [-0.25, -0.2) is 4.98 Å². The molecule has 0 spiro atoms. The first-order valence-corrected chi connectivity index (χ1v) is 13.4. The summed E-state index contributed by atoms with van der Waals surface area (Å²) in [5, 5.41) is 2.07. The van der Waals surface area contributed by atoms with E-state index < -0.39 is 5.91 Å². The van der Waals surface area contributed by atoms with Crippen LogP contribution in [0.15, 0.2) is 54.6 Å². The van der Waals surface area contributed by atoms with Crippen LogP contribution in [-0.2, 0) is 6.54 Å². The molecule has 2 heterocycles. The Morgan fingerprint density at radius 3 is 2.31 bits per heavy atom. The number of nitrogens with two attached hydrogens (primary N) is 1. The maximum atomic E-state index is 12.3. The van der Waals surface area contributed by atoms with Gasteiger partial charge in [-0.3, -0.25) is 4.79 Å². The lowest BCUT2D eigenvalue weighted by Crippen LogP contribution is -2.17. The van der Waals surface area contributed by atoms with E-state index >= 15 is 0 Å². The summed E-state index contributed by atoms with van der Waals surface area (Å²) in [7, 11) is 1.65. The fourth-order valence-corrected chi connectivity index (χ4v) is 5.44. The third-order valence-electron chi connectivity index (χ3n) is 7.41. The van der Waals surface area contributed by atoms with E-state index in [4.69, 9.17) is 15.5 Å². The normalized spacial score (nSPS) is 18.2. The van der Waals surface area contributed by atoms with Crippen LogP contribution in [0.5, 0.6) is 5.75 Å². The van der Waals surface area contributed by atoms with Gasteiger partial charge in [-0.05, 0) is 72.2 Å². The lowest BCUT2D eigenvalue weighted by Gasteiger charge is -2.23. The van der Waals surface area contributed by atoms with Crippen molar-refractivity contribution in [2.24, 2.45) is 11.7 Å². The molecule has 5 nitrogen and oxygen atoms in total. The number of nitrogens with zero attached hydrogens (tertiary/aromatic N) is 2. The number of hydrogen-bond donors (Lipinski definition) is 1. The molecule has 36 heavy (non-hydrogen) atoms. The van der Waals surface area contributed by atoms with Crippen molar-refractivity contribution in [3.63, 3.8) is 0 Å². The minimum atomic E-state index is -0.444. The van der Waals surface area contributed by atoms with Gasteiger partial charge in [0.2, 0.25) is 0 Å². The second-order valence-corrected chi connectivity index (χ2v) is 9.85. The van der Waals surface area contributed by atoms with Gasteiger partial charge < -0.3 is 15.0 Å². The van der Waals surface area contributed by atoms with Crippen LogP contribution in [0.1, 0.15) is 86.8 Å². The van der Waals surface area contributed by atoms with E-state index in [0.717, 1.165) is 39.2 Å². The summed E-state index contributed by atoms with van der Waals surface area (Å²) < 4.78 is 7.18. The Balaban J connectivity index is 0.00000148. The largest absolute Gasteiger partial charge is 0.497 e. The minimum Gasteiger partial charge on any atom is -0.497 e. The number of amides is 1. The predicted octanol–water partition coefficient (Wildman–Crippen LogP) is 7.45. The number of fused-ring (bicyclic) bond motifs is 2. The summed E-state index contributed by atoms with van der Waals surface area (Å²) in [5.41, 5.74) is 10.4. The van der Waals surface area contributed by atoms with Gasteiger partial charge in [0.25, 0.3) is 5.91 Å². The first-order chi connectivity index (χ1) is 17.5. The summed E-state index contributed by atoms with van der Waals surface area (Å²) in [6.07, 6.45) is 7.80. The van der Waals surface area contributed by atoms with Gasteiger partial charge in [0.1, 0.15) is 17.1 Å². The van der Waals surface area contributed by atoms with Crippen molar-refractivity contribution in [3.05, 3.63) is 71.4 Å². The van der Waals surface area contributed by atoms with Crippen molar-refractivity contribution in [1.82, 2.24) is 9.55 Å². The second-order valence-electron chi connectivity index (χ2n) is 9.85. The van der Waals surface area contributed by atoms with Gasteiger partial charge in [0, 0.05) is 17.3 Å². The molecule has 0 radical (unpaired) electrons. The molecular formula is C31H39N3O2. The van der Waals surface area contributed by atoms with Crippen LogP contribution in [-0.4, -0.2) is 22.6 Å². The number of primary amides is 1. The Hall–Kier alpha value is -3.34. The predicted molar refractivity (Wildman–Crippen MR) is 149 cm³/mol. The maximum absolute atomic E-state index is 12.3. The van der Waals surface area contributed by atoms with Gasteiger partial charge in [-0.2, -0.15) is 0 Å². The third kappa shape index (κ3) is 5.56. The number of carbonyl (C=O) groups is 1. The Labute approximate surface area is 214 Å². The van der Waals surface area contributed by atoms with Crippen LogP contribution in [0.2, 0.25) is 0 Å². The van der Waals surface area contributed by atoms with Crippen molar-refractivity contribution < 1.29 is 9.53 Å². The zero-order chi connectivity index (χ0) is 25.7. The number of benzene rings is 2. The molecule has 1 amide bonds. The van der Waals surface area contributed by atoms with Crippen molar-refractivity contribution in [2.45, 2.75) is 71.8 Å². The van der Waals surface area contributed by atoms with Gasteiger partial charge in [0.15, 0.2) is 0 Å². The summed E-state index contributed by atoms with van der Waals surface area (Å²) >= 11 is 0. The molecule has 0 atom stereocenters. The molecule has 0 aliphatic heterocycles. The van der Waals surface area contributed by atoms with E-state index in [1.54, 1.807) is 7.11 Å². The average Bonchev–Trinajstić information content (AvgIpc) is 3.23. The highest BCUT2D eigenvalue weighted by Gasteiger charge is 2.19. The van der Waals surface area contributed by atoms with E-state index in [2.05, 4.69) is 31.2 Å². The quantitative estimate of drug-likeness (QED) is 0.319. The molecule has 1 aliphatic rings. The maximum Gasteiger partial charge on any atom is 0.265 e. The molecule has 2 aromatic carbocycles. The molecule has 0 saturated heterocycles. The van der Waals surface area contributed by atoms with Crippen LogP contribution >= 0.6 is 0 Å². The van der Waals surface area contributed by atoms with Crippen molar-refractivity contribution in [1.29, 1.82) is 0 Å². The van der Waals surface area contributed by atoms with Crippen LogP contribution < -0.4 is 10.5 Å². The first-order valence-electron chi connectivity index (χ1n) is 13.4. The summed E-state index contributed by atoms with van der Waals surface area (Å²) in [6, 6.07) is 18.6. The fourth-order valence-electron chi connectivity index (χ4n) is 5.44.